The van der Waals surface area contributed by atoms with Crippen molar-refractivity contribution in [3.63, 3.8) is 0 Å². The highest BCUT2D eigenvalue weighted by Crippen LogP contribution is 2.39. The smallest absolute Gasteiger partial charge is 0.139 e. The third-order valence-corrected chi connectivity index (χ3v) is 3.96. The van der Waals surface area contributed by atoms with Crippen molar-refractivity contribution in [1.29, 1.82) is 0 Å². The summed E-state index contributed by atoms with van der Waals surface area (Å²) in [6.45, 7) is 1.10. The summed E-state index contributed by atoms with van der Waals surface area (Å²) in [5.41, 5.74) is 2.40. The van der Waals surface area contributed by atoms with Gasteiger partial charge in [-0.2, -0.15) is 0 Å². The van der Waals surface area contributed by atoms with Crippen LogP contribution < -0.4 is 0 Å². The minimum atomic E-state index is 0.0288. The van der Waals surface area contributed by atoms with Crippen molar-refractivity contribution in [2.45, 2.75) is 18.9 Å². The second kappa shape index (κ2) is 6.02. The number of ketones is 1. The van der Waals surface area contributed by atoms with E-state index in [1.165, 1.54) is 5.56 Å². The number of hydrogen-bond acceptors (Lipinski definition) is 2. The minimum Gasteiger partial charge on any atom is -0.376 e. The Labute approximate surface area is 119 Å². The number of benzene rings is 2. The van der Waals surface area contributed by atoms with Crippen LogP contribution in [0.25, 0.3) is 0 Å². The molecular formula is C18H18O2. The molecule has 102 valence electrons. The third kappa shape index (κ3) is 2.81. The van der Waals surface area contributed by atoms with Gasteiger partial charge in [-0.25, -0.2) is 0 Å². The van der Waals surface area contributed by atoms with E-state index < -0.39 is 0 Å². The first-order valence-corrected chi connectivity index (χ1v) is 7.04. The van der Waals surface area contributed by atoms with Gasteiger partial charge in [-0.3, -0.25) is 4.79 Å². The van der Waals surface area contributed by atoms with Crippen molar-refractivity contribution >= 4 is 5.78 Å². The number of carbonyl (C=O) groups excluding carboxylic acids is 1. The fraction of sp³-hybridized carbons (Fsp3) is 0.278. The van der Waals surface area contributed by atoms with Gasteiger partial charge < -0.3 is 4.74 Å². The molecule has 0 bridgehead atoms. The molecule has 0 N–H and O–H groups in total. The van der Waals surface area contributed by atoms with Gasteiger partial charge in [0.25, 0.3) is 0 Å². The Morgan fingerprint density at radius 1 is 0.950 bits per heavy atom. The summed E-state index contributed by atoms with van der Waals surface area (Å²) >= 11 is 0. The number of ether oxygens (including phenoxy) is 1. The van der Waals surface area contributed by atoms with Crippen LogP contribution >= 0.6 is 0 Å². The normalized spacial score (nSPS) is 21.5. The van der Waals surface area contributed by atoms with Gasteiger partial charge in [-0.1, -0.05) is 60.7 Å². The standard InChI is InChI=1S/C18H18O2/c19-18-11-16(15-9-5-2-6-10-15)17(18)13-20-12-14-7-3-1-4-8-14/h1-10,16-17H,11-13H2/t16-,17-/m1/s1. The lowest BCUT2D eigenvalue weighted by molar-refractivity contribution is -0.134. The molecule has 0 radical (unpaired) electrons. The Bertz CT molecular complexity index is 562. The molecule has 0 aliphatic heterocycles. The molecule has 0 amide bonds. The average molecular weight is 266 g/mol. The van der Waals surface area contributed by atoms with Gasteiger partial charge in [0, 0.05) is 18.3 Å². The molecule has 0 spiro atoms. The van der Waals surface area contributed by atoms with E-state index in [9.17, 15) is 4.79 Å². The van der Waals surface area contributed by atoms with Gasteiger partial charge in [0.1, 0.15) is 5.78 Å². The number of rotatable bonds is 5. The summed E-state index contributed by atoms with van der Waals surface area (Å²) < 4.78 is 5.72. The average Bonchev–Trinajstić information content (AvgIpc) is 2.51. The van der Waals surface area contributed by atoms with Crippen LogP contribution in [0.4, 0.5) is 0 Å². The molecule has 2 nitrogen and oxygen atoms in total. The summed E-state index contributed by atoms with van der Waals surface area (Å²) in [5, 5.41) is 0. The molecule has 2 atom stereocenters. The van der Waals surface area contributed by atoms with E-state index in [1.807, 2.05) is 48.5 Å². The van der Waals surface area contributed by atoms with Crippen molar-refractivity contribution in [2.24, 2.45) is 5.92 Å². The van der Waals surface area contributed by atoms with Gasteiger partial charge >= 0.3 is 0 Å². The number of hydrogen-bond donors (Lipinski definition) is 0. The van der Waals surface area contributed by atoms with E-state index in [1.54, 1.807) is 0 Å². The molecule has 1 aliphatic carbocycles. The first-order chi connectivity index (χ1) is 9.84. The Morgan fingerprint density at radius 3 is 2.25 bits per heavy atom. The predicted octanol–water partition coefficient (Wildman–Crippen LogP) is 3.58. The lowest BCUT2D eigenvalue weighted by Crippen LogP contribution is -2.38. The van der Waals surface area contributed by atoms with Crippen LogP contribution in [0.2, 0.25) is 0 Å². The molecular weight excluding hydrogens is 248 g/mol. The zero-order valence-corrected chi connectivity index (χ0v) is 11.4. The molecule has 2 aromatic rings. The first kappa shape index (κ1) is 13.1. The summed E-state index contributed by atoms with van der Waals surface area (Å²) in [5.74, 6) is 0.688. The molecule has 1 aliphatic rings. The molecule has 3 rings (SSSR count). The molecule has 2 aromatic carbocycles. The van der Waals surface area contributed by atoms with E-state index in [0.717, 1.165) is 5.56 Å². The topological polar surface area (TPSA) is 26.3 Å². The zero-order valence-electron chi connectivity index (χ0n) is 11.4. The van der Waals surface area contributed by atoms with Gasteiger partial charge in [0.05, 0.1) is 13.2 Å². The van der Waals surface area contributed by atoms with Gasteiger partial charge in [0.15, 0.2) is 0 Å². The van der Waals surface area contributed by atoms with E-state index >= 15 is 0 Å². The highest BCUT2D eigenvalue weighted by atomic mass is 16.5. The maximum absolute atomic E-state index is 11.8. The maximum Gasteiger partial charge on any atom is 0.139 e. The van der Waals surface area contributed by atoms with Gasteiger partial charge in [-0.05, 0) is 11.1 Å². The largest absolute Gasteiger partial charge is 0.376 e. The molecule has 0 unspecified atom stereocenters. The fourth-order valence-corrected chi connectivity index (χ4v) is 2.71. The fourth-order valence-electron chi connectivity index (χ4n) is 2.71. The van der Waals surface area contributed by atoms with Crippen molar-refractivity contribution in [3.8, 4) is 0 Å². The minimum absolute atomic E-state index is 0.0288. The maximum atomic E-state index is 11.8. The quantitative estimate of drug-likeness (QED) is 0.827. The Balaban J connectivity index is 1.55. The van der Waals surface area contributed by atoms with E-state index in [4.69, 9.17) is 4.74 Å². The van der Waals surface area contributed by atoms with Crippen molar-refractivity contribution in [2.75, 3.05) is 6.61 Å². The Morgan fingerprint density at radius 2 is 1.60 bits per heavy atom. The molecule has 1 saturated carbocycles. The SMILES string of the molecule is O=C1C[C@H](c2ccccc2)[C@H]1COCc1ccccc1. The van der Waals surface area contributed by atoms with Crippen LogP contribution in [0.1, 0.15) is 23.5 Å². The molecule has 1 fully saturated rings. The number of carbonyl (C=O) groups is 1. The summed E-state index contributed by atoms with van der Waals surface area (Å²) in [7, 11) is 0. The Hall–Kier alpha value is -1.93. The molecule has 0 saturated heterocycles. The van der Waals surface area contributed by atoms with Crippen molar-refractivity contribution in [3.05, 3.63) is 71.8 Å². The Kier molecular flexibility index (Phi) is 3.93. The lowest BCUT2D eigenvalue weighted by atomic mass is 9.69. The van der Waals surface area contributed by atoms with Crippen molar-refractivity contribution < 1.29 is 9.53 Å². The van der Waals surface area contributed by atoms with Crippen LogP contribution in [-0.4, -0.2) is 12.4 Å². The van der Waals surface area contributed by atoms with E-state index in [0.29, 0.717) is 31.3 Å². The third-order valence-electron chi connectivity index (χ3n) is 3.96. The summed E-state index contributed by atoms with van der Waals surface area (Å²) in [6.07, 6.45) is 0.656. The van der Waals surface area contributed by atoms with E-state index in [-0.39, 0.29) is 5.92 Å². The second-order valence-electron chi connectivity index (χ2n) is 5.29. The second-order valence-corrected chi connectivity index (χ2v) is 5.29. The van der Waals surface area contributed by atoms with Crippen LogP contribution in [0.3, 0.4) is 0 Å². The monoisotopic (exact) mass is 266 g/mol. The lowest BCUT2D eigenvalue weighted by Gasteiger charge is -2.35. The highest BCUT2D eigenvalue weighted by Gasteiger charge is 2.40. The first-order valence-electron chi connectivity index (χ1n) is 7.04. The van der Waals surface area contributed by atoms with Gasteiger partial charge in [-0.15, -0.1) is 0 Å². The zero-order chi connectivity index (χ0) is 13.8. The molecule has 0 aromatic heterocycles. The molecule has 0 heterocycles. The van der Waals surface area contributed by atoms with E-state index in [2.05, 4.69) is 12.1 Å². The van der Waals surface area contributed by atoms with Crippen LogP contribution in [0.5, 0.6) is 0 Å². The summed E-state index contributed by atoms with van der Waals surface area (Å²) in [4.78, 5) is 11.8. The summed E-state index contributed by atoms with van der Waals surface area (Å²) in [6, 6.07) is 20.3. The van der Waals surface area contributed by atoms with Crippen LogP contribution in [0, 0.1) is 5.92 Å². The highest BCUT2D eigenvalue weighted by molar-refractivity contribution is 5.89. The predicted molar refractivity (Wildman–Crippen MR) is 78.4 cm³/mol. The molecule has 20 heavy (non-hydrogen) atoms. The van der Waals surface area contributed by atoms with Crippen LogP contribution in [0.15, 0.2) is 60.7 Å². The van der Waals surface area contributed by atoms with Crippen molar-refractivity contribution in [1.82, 2.24) is 0 Å². The van der Waals surface area contributed by atoms with Gasteiger partial charge in [0.2, 0.25) is 0 Å². The van der Waals surface area contributed by atoms with Crippen LogP contribution in [-0.2, 0) is 16.1 Å². The molecule has 2 heteroatoms. The number of Topliss-reactive ketones (excluding diaryl/α,β-unsaturated/α-hetero) is 1.